The van der Waals surface area contributed by atoms with Crippen molar-refractivity contribution in [3.05, 3.63) is 33.1 Å². The van der Waals surface area contributed by atoms with Crippen molar-refractivity contribution in [1.82, 2.24) is 9.97 Å². The minimum Gasteiger partial charge on any atom is -0.369 e. The van der Waals surface area contributed by atoms with Crippen molar-refractivity contribution in [3.63, 3.8) is 0 Å². The average molecular weight is 314 g/mol. The topological polar surface area (TPSA) is 75.9 Å². The highest BCUT2D eigenvalue weighted by atomic mass is 79.9. The second kappa shape index (κ2) is 5.95. The zero-order valence-electron chi connectivity index (χ0n) is 8.98. The number of hydrogen-bond acceptors (Lipinski definition) is 6. The molecular weight excluding hydrogens is 302 g/mol. The van der Waals surface area contributed by atoms with Crippen LogP contribution >= 0.6 is 27.3 Å². The molecule has 0 aliphatic heterocycles. The first-order valence-corrected chi connectivity index (χ1v) is 6.72. The molecule has 0 bridgehead atoms. The lowest BCUT2D eigenvalue weighted by Gasteiger charge is -2.07. The zero-order valence-corrected chi connectivity index (χ0v) is 11.4. The number of nitrogen functional groups attached to an aromatic ring is 1. The van der Waals surface area contributed by atoms with E-state index >= 15 is 0 Å². The van der Waals surface area contributed by atoms with Crippen molar-refractivity contribution in [3.8, 4) is 0 Å². The first-order valence-electron chi connectivity index (χ1n) is 5.05. The van der Waals surface area contributed by atoms with Crippen LogP contribution in [0, 0.1) is 0 Å². The number of hydrazine groups is 1. The Bertz CT molecular complexity index is 474. The van der Waals surface area contributed by atoms with E-state index in [2.05, 4.69) is 54.2 Å². The van der Waals surface area contributed by atoms with E-state index in [0.29, 0.717) is 5.95 Å². The van der Waals surface area contributed by atoms with Gasteiger partial charge >= 0.3 is 0 Å². The summed E-state index contributed by atoms with van der Waals surface area (Å²) in [6.45, 7) is 0.820. The van der Waals surface area contributed by atoms with Crippen molar-refractivity contribution in [1.29, 1.82) is 0 Å². The van der Waals surface area contributed by atoms with Crippen LogP contribution in [-0.2, 0) is 6.42 Å². The van der Waals surface area contributed by atoms with Crippen LogP contribution in [0.1, 0.15) is 4.88 Å². The van der Waals surface area contributed by atoms with E-state index in [9.17, 15) is 0 Å². The highest BCUT2D eigenvalue weighted by Crippen LogP contribution is 2.20. The molecular formula is C10H12BrN5S. The minimum atomic E-state index is 0.395. The number of hydrogen-bond donors (Lipinski definition) is 3. The van der Waals surface area contributed by atoms with Gasteiger partial charge in [0.25, 0.3) is 0 Å². The molecule has 2 aromatic rings. The van der Waals surface area contributed by atoms with Gasteiger partial charge in [-0.3, -0.25) is 5.43 Å². The van der Waals surface area contributed by atoms with Crippen LogP contribution in [0.25, 0.3) is 0 Å². The maximum absolute atomic E-state index is 5.26. The molecule has 0 amide bonds. The van der Waals surface area contributed by atoms with E-state index in [4.69, 9.17) is 5.84 Å². The van der Waals surface area contributed by atoms with Gasteiger partial charge in [-0.25, -0.2) is 10.8 Å². The van der Waals surface area contributed by atoms with E-state index in [1.165, 1.54) is 4.88 Å². The van der Waals surface area contributed by atoms with Crippen molar-refractivity contribution in [2.75, 3.05) is 17.3 Å². The van der Waals surface area contributed by atoms with Gasteiger partial charge in [0.1, 0.15) is 5.82 Å². The molecule has 0 spiro atoms. The zero-order chi connectivity index (χ0) is 12.1. The first kappa shape index (κ1) is 12.3. The molecule has 0 aromatic carbocycles. The van der Waals surface area contributed by atoms with Crippen molar-refractivity contribution in [2.45, 2.75) is 6.42 Å². The smallest absolute Gasteiger partial charge is 0.239 e. The van der Waals surface area contributed by atoms with Crippen LogP contribution in [-0.4, -0.2) is 16.5 Å². The van der Waals surface area contributed by atoms with Gasteiger partial charge in [-0.2, -0.15) is 4.98 Å². The second-order valence-electron chi connectivity index (χ2n) is 3.29. The summed E-state index contributed by atoms with van der Waals surface area (Å²) in [4.78, 5) is 9.54. The maximum Gasteiger partial charge on any atom is 0.239 e. The number of aromatic nitrogens is 2. The summed E-state index contributed by atoms with van der Waals surface area (Å²) in [5, 5.41) is 5.31. The molecule has 0 saturated carbocycles. The monoisotopic (exact) mass is 313 g/mol. The molecule has 7 heteroatoms. The van der Waals surface area contributed by atoms with Gasteiger partial charge in [-0.05, 0) is 33.8 Å². The Labute approximate surface area is 112 Å². The molecule has 4 N–H and O–H groups in total. The fraction of sp³-hybridized carbons (Fsp3) is 0.200. The largest absolute Gasteiger partial charge is 0.369 e. The van der Waals surface area contributed by atoms with Crippen molar-refractivity contribution < 1.29 is 0 Å². The van der Waals surface area contributed by atoms with Gasteiger partial charge in [0.15, 0.2) is 0 Å². The number of nitrogens with zero attached hydrogens (tertiary/aromatic N) is 2. The molecule has 2 aromatic heterocycles. The lowest BCUT2D eigenvalue weighted by Crippen LogP contribution is -2.13. The van der Waals surface area contributed by atoms with Gasteiger partial charge < -0.3 is 5.32 Å². The Hall–Kier alpha value is -1.18. The molecule has 0 atom stereocenters. The third-order valence-electron chi connectivity index (χ3n) is 2.12. The average Bonchev–Trinajstić information content (AvgIpc) is 2.84. The number of halogens is 1. The van der Waals surface area contributed by atoms with Gasteiger partial charge in [0.05, 0.1) is 4.47 Å². The van der Waals surface area contributed by atoms with Crippen molar-refractivity contribution >= 4 is 39.0 Å². The van der Waals surface area contributed by atoms with Gasteiger partial charge in [-0.15, -0.1) is 11.3 Å². The molecule has 2 heterocycles. The molecule has 0 unspecified atom stereocenters. The van der Waals surface area contributed by atoms with Crippen LogP contribution in [0.4, 0.5) is 11.8 Å². The number of thiophene rings is 1. The van der Waals surface area contributed by atoms with Gasteiger partial charge in [-0.1, -0.05) is 6.07 Å². The van der Waals surface area contributed by atoms with E-state index in [1.807, 2.05) is 0 Å². The summed E-state index contributed by atoms with van der Waals surface area (Å²) in [5.41, 5.74) is 2.42. The number of anilines is 2. The van der Waals surface area contributed by atoms with Crippen molar-refractivity contribution in [2.24, 2.45) is 5.84 Å². The lowest BCUT2D eigenvalue weighted by atomic mass is 10.3. The van der Waals surface area contributed by atoms with E-state index in [1.54, 1.807) is 17.5 Å². The van der Waals surface area contributed by atoms with Crippen LogP contribution in [0.3, 0.4) is 0 Å². The third kappa shape index (κ3) is 3.39. The van der Waals surface area contributed by atoms with Crippen LogP contribution in [0.5, 0.6) is 0 Å². The highest BCUT2D eigenvalue weighted by Gasteiger charge is 2.03. The number of nitrogens with one attached hydrogen (secondary N) is 2. The maximum atomic E-state index is 5.26. The van der Waals surface area contributed by atoms with Crippen LogP contribution in [0.15, 0.2) is 28.2 Å². The fourth-order valence-electron chi connectivity index (χ4n) is 1.32. The molecule has 0 saturated heterocycles. The van der Waals surface area contributed by atoms with E-state index in [0.717, 1.165) is 23.3 Å². The summed E-state index contributed by atoms with van der Waals surface area (Å²) in [7, 11) is 0. The third-order valence-corrected chi connectivity index (χ3v) is 3.63. The summed E-state index contributed by atoms with van der Waals surface area (Å²) >= 11 is 5.14. The van der Waals surface area contributed by atoms with E-state index in [-0.39, 0.29) is 0 Å². The first-order chi connectivity index (χ1) is 8.29. The highest BCUT2D eigenvalue weighted by molar-refractivity contribution is 9.10. The Balaban J connectivity index is 1.94. The number of rotatable bonds is 5. The SMILES string of the molecule is NNc1ncc(Br)c(NCCc2cccs2)n1. The molecule has 2 rings (SSSR count). The molecule has 0 radical (unpaired) electrons. The predicted octanol–water partition coefficient (Wildman–Crippen LogP) is 2.24. The minimum absolute atomic E-state index is 0.395. The fourth-order valence-corrected chi connectivity index (χ4v) is 2.36. The summed E-state index contributed by atoms with van der Waals surface area (Å²) in [6.07, 6.45) is 2.63. The van der Waals surface area contributed by atoms with Gasteiger partial charge in [0, 0.05) is 17.6 Å². The second-order valence-corrected chi connectivity index (χ2v) is 5.18. The van der Waals surface area contributed by atoms with Crippen LogP contribution < -0.4 is 16.6 Å². The van der Waals surface area contributed by atoms with E-state index < -0.39 is 0 Å². The Morgan fingerprint density at radius 2 is 2.35 bits per heavy atom. The summed E-state index contributed by atoms with van der Waals surface area (Å²) in [5.74, 6) is 6.39. The van der Waals surface area contributed by atoms with Gasteiger partial charge in [0.2, 0.25) is 5.95 Å². The lowest BCUT2D eigenvalue weighted by molar-refractivity contribution is 1.01. The predicted molar refractivity (Wildman–Crippen MR) is 74.1 cm³/mol. The quantitative estimate of drug-likeness (QED) is 0.583. The number of nitrogens with two attached hydrogens (primary N) is 1. The van der Waals surface area contributed by atoms with Crippen LogP contribution in [0.2, 0.25) is 0 Å². The Morgan fingerprint density at radius 1 is 1.47 bits per heavy atom. The normalized spacial score (nSPS) is 10.2. The molecule has 5 nitrogen and oxygen atoms in total. The molecule has 17 heavy (non-hydrogen) atoms. The summed E-state index contributed by atoms with van der Waals surface area (Å²) < 4.78 is 0.822. The standard InChI is InChI=1S/C10H12BrN5S/c11-8-6-14-10(16-12)15-9(8)13-4-3-7-2-1-5-17-7/h1-2,5-6H,3-4,12H2,(H2,13,14,15,16). The molecule has 0 aliphatic carbocycles. The molecule has 0 aliphatic rings. The molecule has 0 fully saturated rings. The Kier molecular flexibility index (Phi) is 4.29. The Morgan fingerprint density at radius 3 is 3.06 bits per heavy atom. The summed E-state index contributed by atoms with van der Waals surface area (Å²) in [6, 6.07) is 4.17. The molecule has 90 valence electrons.